The summed E-state index contributed by atoms with van der Waals surface area (Å²) in [4.78, 5) is 27.5. The number of rotatable bonds is 13. The van der Waals surface area contributed by atoms with Crippen molar-refractivity contribution in [2.24, 2.45) is 0 Å². The van der Waals surface area contributed by atoms with Crippen LogP contribution >= 0.6 is 11.8 Å². The number of hydroxylamine groups is 1. The first-order chi connectivity index (χ1) is 19.0. The lowest BCUT2D eigenvalue weighted by atomic mass is 10.0. The fourth-order valence-corrected chi connectivity index (χ4v) is 5.01. The van der Waals surface area contributed by atoms with E-state index in [1.807, 2.05) is 48.5 Å². The number of thioether (sulfide) groups is 1. The first-order valence-corrected chi connectivity index (χ1v) is 13.8. The Balaban J connectivity index is 1.35. The number of unbranched alkanes of at least 4 members (excludes halogenated alkanes) is 2. The lowest BCUT2D eigenvalue weighted by Gasteiger charge is -2.36. The van der Waals surface area contributed by atoms with Gasteiger partial charge in [-0.15, -0.1) is 0 Å². The number of amides is 2. The molecule has 5 N–H and O–H groups in total. The van der Waals surface area contributed by atoms with Gasteiger partial charge < -0.3 is 19.9 Å². The number of carbonyl (C=O) groups excluding carboxylic acids is 2. The van der Waals surface area contributed by atoms with E-state index in [2.05, 4.69) is 20.5 Å². The molecular weight excluding hydrogens is 522 g/mol. The van der Waals surface area contributed by atoms with E-state index >= 15 is 0 Å². The van der Waals surface area contributed by atoms with E-state index in [1.165, 1.54) is 18.1 Å². The first-order valence-electron chi connectivity index (χ1n) is 12.9. The third-order valence-electron chi connectivity index (χ3n) is 6.31. The van der Waals surface area contributed by atoms with Gasteiger partial charge in [-0.2, -0.15) is 5.10 Å². The normalized spacial score (nSPS) is 19.0. The minimum Gasteiger partial charge on any atom is -0.392 e. The van der Waals surface area contributed by atoms with Gasteiger partial charge >= 0.3 is 0 Å². The summed E-state index contributed by atoms with van der Waals surface area (Å²) in [5.74, 6) is 0.144. The average Bonchev–Trinajstić information content (AvgIpc) is 3.50. The van der Waals surface area contributed by atoms with E-state index in [9.17, 15) is 14.7 Å². The van der Waals surface area contributed by atoms with Crippen molar-refractivity contribution in [1.29, 1.82) is 0 Å². The number of aliphatic hydroxyl groups excluding tert-OH is 1. The van der Waals surface area contributed by atoms with Crippen molar-refractivity contribution in [1.82, 2.24) is 20.7 Å². The van der Waals surface area contributed by atoms with E-state index < -0.39 is 12.2 Å². The number of benzene rings is 2. The van der Waals surface area contributed by atoms with Crippen LogP contribution in [0.4, 0.5) is 5.69 Å². The Kier molecular flexibility index (Phi) is 10.9. The number of aromatic nitrogens is 3. The van der Waals surface area contributed by atoms with Gasteiger partial charge in [0.2, 0.25) is 11.8 Å². The molecule has 3 atom stereocenters. The molecule has 11 nitrogen and oxygen atoms in total. The van der Waals surface area contributed by atoms with Gasteiger partial charge in [0.15, 0.2) is 11.4 Å². The Morgan fingerprint density at radius 2 is 1.69 bits per heavy atom. The molecule has 0 bridgehead atoms. The molecule has 2 aromatic carbocycles. The third-order valence-corrected chi connectivity index (χ3v) is 7.32. The number of aromatic amines is 1. The number of hydrogen-bond acceptors (Lipinski definition) is 9. The fraction of sp³-hybridized carbons (Fsp3) is 0.407. The molecule has 0 spiro atoms. The molecule has 2 heterocycles. The van der Waals surface area contributed by atoms with Crippen LogP contribution in [-0.4, -0.2) is 49.2 Å². The van der Waals surface area contributed by atoms with Crippen LogP contribution in [0, 0.1) is 0 Å². The van der Waals surface area contributed by atoms with E-state index in [1.54, 1.807) is 5.48 Å². The molecule has 12 heteroatoms. The summed E-state index contributed by atoms with van der Waals surface area (Å²) < 4.78 is 12.7. The Hall–Kier alpha value is -3.29. The molecule has 1 fully saturated rings. The quantitative estimate of drug-likeness (QED) is 0.0908. The van der Waals surface area contributed by atoms with Gasteiger partial charge in [-0.1, -0.05) is 54.6 Å². The molecule has 4 rings (SSSR count). The number of H-pyrrole nitrogens is 1. The largest absolute Gasteiger partial charge is 0.392 e. The summed E-state index contributed by atoms with van der Waals surface area (Å²) >= 11 is 1.53. The Morgan fingerprint density at radius 3 is 2.36 bits per heavy atom. The molecule has 0 saturated carbocycles. The number of ether oxygens (including phenoxy) is 2. The molecule has 1 aliphatic rings. The van der Waals surface area contributed by atoms with Crippen LogP contribution in [0.5, 0.6) is 0 Å². The van der Waals surface area contributed by atoms with Crippen molar-refractivity contribution in [2.75, 3.05) is 11.1 Å². The van der Waals surface area contributed by atoms with E-state index in [0.717, 1.165) is 28.3 Å². The first kappa shape index (κ1) is 28.7. The summed E-state index contributed by atoms with van der Waals surface area (Å²) in [5, 5.41) is 28.3. The van der Waals surface area contributed by atoms with Crippen LogP contribution in [0.1, 0.15) is 67.6 Å². The topological polar surface area (TPSA) is 159 Å². The van der Waals surface area contributed by atoms with Gasteiger partial charge in [-0.25, -0.2) is 10.5 Å². The molecule has 1 aromatic heterocycles. The van der Waals surface area contributed by atoms with Gasteiger partial charge in [0, 0.05) is 36.3 Å². The minimum absolute atomic E-state index is 0.0137. The van der Waals surface area contributed by atoms with Crippen LogP contribution in [0.3, 0.4) is 0 Å². The number of anilines is 1. The molecule has 1 aliphatic heterocycles. The standard InChI is InChI=1S/C27H33N5O6S/c33-15-18-6-8-19(9-7-18)23-14-22(16-39-27-28-17-29-31-27)37-26(38-23)20-10-12-21(13-11-20)30-24(34)4-2-1-3-5-25(35)32-36/h6-13,17,22-23,26,33,36H,1-5,14-16H2,(H,30,34)(H,32,35)(H,28,29,31)/t22-,23+,26+/m0/s1. The Labute approximate surface area is 230 Å². The van der Waals surface area contributed by atoms with Crippen molar-refractivity contribution in [2.45, 2.75) is 68.8 Å². The molecule has 208 valence electrons. The average molecular weight is 556 g/mol. The second-order valence-corrected chi connectivity index (χ2v) is 10.2. The number of nitrogens with zero attached hydrogens (tertiary/aromatic N) is 2. The molecule has 0 aliphatic carbocycles. The lowest BCUT2D eigenvalue weighted by Crippen LogP contribution is -2.31. The maximum absolute atomic E-state index is 12.3. The highest BCUT2D eigenvalue weighted by Gasteiger charge is 2.32. The molecule has 0 radical (unpaired) electrons. The number of carbonyl (C=O) groups is 2. The highest BCUT2D eigenvalue weighted by Crippen LogP contribution is 2.39. The maximum Gasteiger partial charge on any atom is 0.243 e. The summed E-state index contributed by atoms with van der Waals surface area (Å²) in [7, 11) is 0. The Bertz CT molecular complexity index is 1180. The van der Waals surface area contributed by atoms with E-state index in [4.69, 9.17) is 14.7 Å². The maximum atomic E-state index is 12.3. The molecule has 2 amide bonds. The van der Waals surface area contributed by atoms with E-state index in [-0.39, 0.29) is 31.1 Å². The predicted molar refractivity (Wildman–Crippen MR) is 144 cm³/mol. The predicted octanol–water partition coefficient (Wildman–Crippen LogP) is 4.03. The van der Waals surface area contributed by atoms with Crippen molar-refractivity contribution < 1.29 is 29.4 Å². The van der Waals surface area contributed by atoms with Crippen LogP contribution in [0.25, 0.3) is 0 Å². The zero-order valence-electron chi connectivity index (χ0n) is 21.4. The smallest absolute Gasteiger partial charge is 0.243 e. The van der Waals surface area contributed by atoms with Crippen molar-refractivity contribution in [3.8, 4) is 0 Å². The monoisotopic (exact) mass is 555 g/mol. The van der Waals surface area contributed by atoms with Crippen molar-refractivity contribution in [3.63, 3.8) is 0 Å². The lowest BCUT2D eigenvalue weighted by molar-refractivity contribution is -0.245. The number of aliphatic hydroxyl groups is 1. The molecule has 0 unspecified atom stereocenters. The number of nitrogens with one attached hydrogen (secondary N) is 3. The zero-order chi connectivity index (χ0) is 27.5. The second-order valence-electron chi connectivity index (χ2n) is 9.22. The van der Waals surface area contributed by atoms with E-state index in [0.29, 0.717) is 37.1 Å². The molecular formula is C27H33N5O6S. The molecule has 39 heavy (non-hydrogen) atoms. The van der Waals surface area contributed by atoms with Gasteiger partial charge in [0.25, 0.3) is 0 Å². The second kappa shape index (κ2) is 14.8. The molecule has 1 saturated heterocycles. The van der Waals surface area contributed by atoms with Gasteiger partial charge in [-0.3, -0.25) is 19.9 Å². The number of hydrogen-bond donors (Lipinski definition) is 5. The summed E-state index contributed by atoms with van der Waals surface area (Å²) in [6.45, 7) is -0.0137. The summed E-state index contributed by atoms with van der Waals surface area (Å²) in [5.41, 5.74) is 4.96. The van der Waals surface area contributed by atoms with Crippen LogP contribution in [0.15, 0.2) is 60.0 Å². The SMILES string of the molecule is O=C(CCCCCC(=O)Nc1ccc([C@@H]2O[C@H](CSc3ncn[nH]3)C[C@H](c3ccc(CO)cc3)O2)cc1)NO. The fourth-order valence-electron chi connectivity index (χ4n) is 4.21. The van der Waals surface area contributed by atoms with Crippen LogP contribution in [-0.2, 0) is 25.7 Å². The van der Waals surface area contributed by atoms with Crippen LogP contribution < -0.4 is 10.8 Å². The van der Waals surface area contributed by atoms with Gasteiger partial charge in [0.05, 0.1) is 18.8 Å². The van der Waals surface area contributed by atoms with Gasteiger partial charge in [0.1, 0.15) is 6.33 Å². The van der Waals surface area contributed by atoms with Crippen LogP contribution in [0.2, 0.25) is 0 Å². The highest BCUT2D eigenvalue weighted by molar-refractivity contribution is 7.99. The summed E-state index contributed by atoms with van der Waals surface area (Å²) in [6.07, 6.45) is 3.80. The Morgan fingerprint density at radius 1 is 0.974 bits per heavy atom. The third kappa shape index (κ3) is 8.87. The van der Waals surface area contributed by atoms with Gasteiger partial charge in [-0.05, 0) is 36.1 Å². The highest BCUT2D eigenvalue weighted by atomic mass is 32.2. The van der Waals surface area contributed by atoms with Crippen molar-refractivity contribution in [3.05, 3.63) is 71.5 Å². The molecule has 3 aromatic rings. The minimum atomic E-state index is -0.595. The zero-order valence-corrected chi connectivity index (χ0v) is 22.2. The summed E-state index contributed by atoms with van der Waals surface area (Å²) in [6, 6.07) is 15.1. The van der Waals surface area contributed by atoms with Crippen molar-refractivity contribution >= 4 is 29.3 Å².